The van der Waals surface area contributed by atoms with Crippen molar-refractivity contribution in [3.05, 3.63) is 29.8 Å². The van der Waals surface area contributed by atoms with Gasteiger partial charge in [-0.15, -0.1) is 0 Å². The van der Waals surface area contributed by atoms with Crippen LogP contribution in [0.4, 0.5) is 5.69 Å². The third kappa shape index (κ3) is 2.74. The summed E-state index contributed by atoms with van der Waals surface area (Å²) in [5.74, 6) is 0.0529. The van der Waals surface area contributed by atoms with Crippen LogP contribution < -0.4 is 11.1 Å². The second-order valence-corrected chi connectivity index (χ2v) is 2.96. The Kier molecular flexibility index (Phi) is 3.94. The van der Waals surface area contributed by atoms with Crippen LogP contribution in [0.5, 0.6) is 0 Å². The van der Waals surface area contributed by atoms with Crippen LogP contribution in [0.25, 0.3) is 0 Å². The van der Waals surface area contributed by atoms with Crippen LogP contribution in [0.15, 0.2) is 24.3 Å². The van der Waals surface area contributed by atoms with Crippen LogP contribution in [-0.2, 0) is 0 Å². The molecule has 1 aromatic rings. The fourth-order valence-electron chi connectivity index (χ4n) is 1.17. The van der Waals surface area contributed by atoms with Crippen LogP contribution in [0.1, 0.15) is 12.0 Å². The molecule has 0 aliphatic heterocycles. The number of hydrogen-bond acceptors (Lipinski definition) is 3. The molecule has 0 radical (unpaired) electrons. The van der Waals surface area contributed by atoms with Gasteiger partial charge >= 0.3 is 0 Å². The zero-order chi connectivity index (χ0) is 10.4. The Bertz CT molecular complexity index is 312. The number of aliphatic hydroxyl groups excluding tert-OH is 1. The highest BCUT2D eigenvalue weighted by Crippen LogP contribution is 2.13. The van der Waals surface area contributed by atoms with Crippen LogP contribution in [0.2, 0.25) is 0 Å². The van der Waals surface area contributed by atoms with Gasteiger partial charge in [-0.3, -0.25) is 5.41 Å². The molecule has 0 heterocycles. The van der Waals surface area contributed by atoms with Gasteiger partial charge in [0.05, 0.1) is 0 Å². The molecule has 0 aliphatic carbocycles. The number of anilines is 1. The summed E-state index contributed by atoms with van der Waals surface area (Å²) in [6.07, 6.45) is 0.687. The molecule has 0 aromatic heterocycles. The summed E-state index contributed by atoms with van der Waals surface area (Å²) < 4.78 is 0. The standard InChI is InChI=1S/C10H15N3O/c11-10(12)8-4-1-2-5-9(8)13-6-3-7-14/h1-2,4-5,13-14H,3,6-7H2,(H3,11,12). The highest BCUT2D eigenvalue weighted by molar-refractivity contribution is 6.00. The normalized spacial score (nSPS) is 9.79. The molecule has 1 rings (SSSR count). The summed E-state index contributed by atoms with van der Waals surface area (Å²) in [6.45, 7) is 0.843. The lowest BCUT2D eigenvalue weighted by Crippen LogP contribution is -2.15. The van der Waals surface area contributed by atoms with E-state index in [-0.39, 0.29) is 12.4 Å². The Morgan fingerprint density at radius 1 is 1.43 bits per heavy atom. The van der Waals surface area contributed by atoms with Gasteiger partial charge in [0.25, 0.3) is 0 Å². The summed E-state index contributed by atoms with van der Waals surface area (Å²) in [5.41, 5.74) is 6.95. The summed E-state index contributed by atoms with van der Waals surface area (Å²) in [7, 11) is 0. The van der Waals surface area contributed by atoms with Crippen molar-refractivity contribution in [2.45, 2.75) is 6.42 Å². The van der Waals surface area contributed by atoms with Crippen molar-refractivity contribution < 1.29 is 5.11 Å². The first-order chi connectivity index (χ1) is 6.75. The monoisotopic (exact) mass is 193 g/mol. The molecule has 0 atom stereocenters. The number of nitrogens with one attached hydrogen (secondary N) is 2. The van der Waals surface area contributed by atoms with E-state index in [1.54, 1.807) is 6.07 Å². The fraction of sp³-hybridized carbons (Fsp3) is 0.300. The first kappa shape index (κ1) is 10.5. The predicted molar refractivity (Wildman–Crippen MR) is 57.7 cm³/mol. The third-order valence-electron chi connectivity index (χ3n) is 1.87. The van der Waals surface area contributed by atoms with Crippen molar-refractivity contribution in [2.24, 2.45) is 5.73 Å². The molecular weight excluding hydrogens is 178 g/mol. The van der Waals surface area contributed by atoms with E-state index in [9.17, 15) is 0 Å². The maximum absolute atomic E-state index is 8.62. The van der Waals surface area contributed by atoms with Crippen molar-refractivity contribution in [3.8, 4) is 0 Å². The first-order valence-corrected chi connectivity index (χ1v) is 4.54. The Morgan fingerprint density at radius 2 is 2.14 bits per heavy atom. The number of rotatable bonds is 5. The number of nitrogens with two attached hydrogens (primary N) is 1. The minimum atomic E-state index is 0.0529. The molecule has 0 aliphatic rings. The largest absolute Gasteiger partial charge is 0.396 e. The Morgan fingerprint density at radius 3 is 2.79 bits per heavy atom. The SMILES string of the molecule is N=C(N)c1ccccc1NCCCO. The lowest BCUT2D eigenvalue weighted by Gasteiger charge is -2.09. The molecule has 5 N–H and O–H groups in total. The number of amidine groups is 1. The summed E-state index contributed by atoms with van der Waals surface area (Å²) in [4.78, 5) is 0. The van der Waals surface area contributed by atoms with Crippen molar-refractivity contribution >= 4 is 11.5 Å². The summed E-state index contributed by atoms with van der Waals surface area (Å²) >= 11 is 0. The highest BCUT2D eigenvalue weighted by atomic mass is 16.3. The Hall–Kier alpha value is -1.55. The zero-order valence-corrected chi connectivity index (χ0v) is 7.96. The topological polar surface area (TPSA) is 82.1 Å². The van der Waals surface area contributed by atoms with Gasteiger partial charge in [-0.05, 0) is 18.6 Å². The second-order valence-electron chi connectivity index (χ2n) is 2.96. The summed E-state index contributed by atoms with van der Waals surface area (Å²) in [6, 6.07) is 7.39. The minimum Gasteiger partial charge on any atom is -0.396 e. The molecule has 1 aromatic carbocycles. The van der Waals surface area contributed by atoms with Gasteiger partial charge in [0, 0.05) is 24.4 Å². The van der Waals surface area contributed by atoms with Gasteiger partial charge in [0.15, 0.2) is 0 Å². The molecule has 0 fully saturated rings. The maximum atomic E-state index is 8.62. The molecule has 0 saturated carbocycles. The fourth-order valence-corrected chi connectivity index (χ4v) is 1.17. The van der Waals surface area contributed by atoms with Crippen molar-refractivity contribution in [1.82, 2.24) is 0 Å². The smallest absolute Gasteiger partial charge is 0.124 e. The molecule has 76 valence electrons. The first-order valence-electron chi connectivity index (χ1n) is 4.54. The van der Waals surface area contributed by atoms with E-state index in [0.717, 1.165) is 5.69 Å². The number of hydrogen-bond donors (Lipinski definition) is 4. The molecular formula is C10H15N3O. The van der Waals surface area contributed by atoms with E-state index >= 15 is 0 Å². The van der Waals surface area contributed by atoms with E-state index in [0.29, 0.717) is 18.5 Å². The average Bonchev–Trinajstić information content (AvgIpc) is 2.19. The number of nitrogen functional groups attached to an aromatic ring is 1. The molecule has 14 heavy (non-hydrogen) atoms. The zero-order valence-electron chi connectivity index (χ0n) is 7.96. The van der Waals surface area contributed by atoms with Gasteiger partial charge in [-0.2, -0.15) is 0 Å². The van der Waals surface area contributed by atoms with Crippen molar-refractivity contribution in [3.63, 3.8) is 0 Å². The molecule has 0 amide bonds. The predicted octanol–water partition coefficient (Wildman–Crippen LogP) is 0.765. The number of para-hydroxylation sites is 1. The summed E-state index contributed by atoms with van der Waals surface area (Å²) in [5, 5.41) is 19.1. The maximum Gasteiger partial charge on any atom is 0.124 e. The third-order valence-corrected chi connectivity index (χ3v) is 1.87. The van der Waals surface area contributed by atoms with Crippen LogP contribution in [-0.4, -0.2) is 24.1 Å². The lowest BCUT2D eigenvalue weighted by molar-refractivity contribution is 0.292. The molecule has 0 bridgehead atoms. The van der Waals surface area contributed by atoms with E-state index < -0.39 is 0 Å². The van der Waals surface area contributed by atoms with Gasteiger partial charge < -0.3 is 16.2 Å². The van der Waals surface area contributed by atoms with E-state index in [2.05, 4.69) is 5.32 Å². The quantitative estimate of drug-likeness (QED) is 0.316. The molecule has 4 heteroatoms. The highest BCUT2D eigenvalue weighted by Gasteiger charge is 2.02. The minimum absolute atomic E-state index is 0.0529. The van der Waals surface area contributed by atoms with Crippen molar-refractivity contribution in [1.29, 1.82) is 5.41 Å². The van der Waals surface area contributed by atoms with Gasteiger partial charge in [0.2, 0.25) is 0 Å². The molecule has 0 spiro atoms. The lowest BCUT2D eigenvalue weighted by atomic mass is 10.1. The Labute approximate surface area is 83.3 Å². The van der Waals surface area contributed by atoms with Crippen LogP contribution >= 0.6 is 0 Å². The number of benzene rings is 1. The number of aliphatic hydroxyl groups is 1. The van der Waals surface area contributed by atoms with E-state index in [1.165, 1.54) is 0 Å². The Balaban J connectivity index is 2.69. The molecule has 4 nitrogen and oxygen atoms in total. The van der Waals surface area contributed by atoms with Gasteiger partial charge in [-0.1, -0.05) is 12.1 Å². The van der Waals surface area contributed by atoms with Crippen LogP contribution in [0.3, 0.4) is 0 Å². The van der Waals surface area contributed by atoms with Gasteiger partial charge in [0.1, 0.15) is 5.84 Å². The van der Waals surface area contributed by atoms with Gasteiger partial charge in [-0.25, -0.2) is 0 Å². The van der Waals surface area contributed by atoms with E-state index in [4.69, 9.17) is 16.2 Å². The van der Waals surface area contributed by atoms with Crippen LogP contribution in [0, 0.1) is 5.41 Å². The van der Waals surface area contributed by atoms with Crippen molar-refractivity contribution in [2.75, 3.05) is 18.5 Å². The second kappa shape index (κ2) is 5.24. The molecule has 0 saturated heterocycles. The molecule has 0 unspecified atom stereocenters. The average molecular weight is 193 g/mol. The van der Waals surface area contributed by atoms with E-state index in [1.807, 2.05) is 18.2 Å².